The third-order valence-corrected chi connectivity index (χ3v) is 4.79. The van der Waals surface area contributed by atoms with Gasteiger partial charge in [-0.25, -0.2) is 0 Å². The average Bonchev–Trinajstić information content (AvgIpc) is 3.11. The Morgan fingerprint density at radius 1 is 1.06 bits per heavy atom. The summed E-state index contributed by atoms with van der Waals surface area (Å²) < 4.78 is 0. The predicted molar refractivity (Wildman–Crippen MR) is 72.1 cm³/mol. The number of hydrogen-bond acceptors (Lipinski definition) is 2. The SMILES string of the molecule is CCCN(CC1CC1)C1CCC1CNC1CC1. The van der Waals surface area contributed by atoms with Gasteiger partial charge in [0.15, 0.2) is 0 Å². The quantitative estimate of drug-likeness (QED) is 0.697. The Morgan fingerprint density at radius 3 is 2.41 bits per heavy atom. The number of nitrogens with zero attached hydrogens (tertiary/aromatic N) is 1. The molecule has 98 valence electrons. The molecule has 0 bridgehead atoms. The minimum atomic E-state index is 0.888. The van der Waals surface area contributed by atoms with E-state index in [2.05, 4.69) is 17.1 Å². The molecule has 17 heavy (non-hydrogen) atoms. The van der Waals surface area contributed by atoms with Crippen molar-refractivity contribution in [2.75, 3.05) is 19.6 Å². The van der Waals surface area contributed by atoms with Crippen molar-refractivity contribution in [3.05, 3.63) is 0 Å². The molecule has 3 aliphatic rings. The van der Waals surface area contributed by atoms with E-state index < -0.39 is 0 Å². The molecule has 3 saturated carbocycles. The smallest absolute Gasteiger partial charge is 0.0136 e. The molecule has 0 spiro atoms. The van der Waals surface area contributed by atoms with E-state index in [4.69, 9.17) is 0 Å². The maximum absolute atomic E-state index is 3.73. The molecule has 0 amide bonds. The van der Waals surface area contributed by atoms with E-state index in [1.54, 1.807) is 0 Å². The van der Waals surface area contributed by atoms with E-state index in [0.717, 1.165) is 23.9 Å². The summed E-state index contributed by atoms with van der Waals surface area (Å²) in [6, 6.07) is 1.81. The van der Waals surface area contributed by atoms with Crippen molar-refractivity contribution in [2.45, 2.75) is 64.0 Å². The molecule has 0 aliphatic heterocycles. The maximum atomic E-state index is 3.73. The number of rotatable bonds is 8. The molecular formula is C15H28N2. The molecule has 0 heterocycles. The summed E-state index contributed by atoms with van der Waals surface area (Å²) in [6.45, 7) is 6.36. The van der Waals surface area contributed by atoms with E-state index in [1.807, 2.05) is 0 Å². The molecule has 2 nitrogen and oxygen atoms in total. The molecule has 0 saturated heterocycles. The third-order valence-electron chi connectivity index (χ3n) is 4.79. The van der Waals surface area contributed by atoms with Gasteiger partial charge in [-0.05, 0) is 69.9 Å². The van der Waals surface area contributed by atoms with Crippen LogP contribution in [0.25, 0.3) is 0 Å². The van der Waals surface area contributed by atoms with E-state index in [1.165, 1.54) is 64.6 Å². The third kappa shape index (κ3) is 3.23. The van der Waals surface area contributed by atoms with Crippen LogP contribution in [0.3, 0.4) is 0 Å². The maximum Gasteiger partial charge on any atom is 0.0136 e. The van der Waals surface area contributed by atoms with Gasteiger partial charge in [0.25, 0.3) is 0 Å². The fourth-order valence-electron chi connectivity index (χ4n) is 3.19. The van der Waals surface area contributed by atoms with Crippen molar-refractivity contribution in [1.82, 2.24) is 10.2 Å². The van der Waals surface area contributed by atoms with Crippen molar-refractivity contribution >= 4 is 0 Å². The largest absolute Gasteiger partial charge is 0.314 e. The normalized spacial score (nSPS) is 32.8. The van der Waals surface area contributed by atoms with Crippen molar-refractivity contribution < 1.29 is 0 Å². The Hall–Kier alpha value is -0.0800. The van der Waals surface area contributed by atoms with Gasteiger partial charge in [0.2, 0.25) is 0 Å². The first-order valence-corrected chi connectivity index (χ1v) is 7.84. The van der Waals surface area contributed by atoms with Crippen molar-refractivity contribution in [1.29, 1.82) is 0 Å². The van der Waals surface area contributed by atoms with Crippen LogP contribution in [0.5, 0.6) is 0 Å². The molecular weight excluding hydrogens is 208 g/mol. The highest BCUT2D eigenvalue weighted by Crippen LogP contribution is 2.36. The molecule has 2 heteroatoms. The summed E-state index contributed by atoms with van der Waals surface area (Å²) in [5, 5.41) is 3.73. The summed E-state index contributed by atoms with van der Waals surface area (Å²) in [5.74, 6) is 2.01. The minimum absolute atomic E-state index is 0.888. The molecule has 3 rings (SSSR count). The first-order valence-electron chi connectivity index (χ1n) is 7.84. The van der Waals surface area contributed by atoms with Crippen LogP contribution in [0.1, 0.15) is 51.9 Å². The first kappa shape index (κ1) is 12.0. The molecule has 0 radical (unpaired) electrons. The zero-order valence-electron chi connectivity index (χ0n) is 11.3. The molecule has 2 unspecified atom stereocenters. The van der Waals surface area contributed by atoms with Gasteiger partial charge >= 0.3 is 0 Å². The van der Waals surface area contributed by atoms with E-state index in [9.17, 15) is 0 Å². The lowest BCUT2D eigenvalue weighted by molar-refractivity contribution is 0.0575. The fraction of sp³-hybridized carbons (Fsp3) is 1.00. The Balaban J connectivity index is 1.45. The van der Waals surface area contributed by atoms with Gasteiger partial charge in [0, 0.05) is 18.6 Å². The van der Waals surface area contributed by atoms with Crippen molar-refractivity contribution in [3.63, 3.8) is 0 Å². The molecule has 0 aromatic carbocycles. The molecule has 2 atom stereocenters. The van der Waals surface area contributed by atoms with Crippen LogP contribution in [0, 0.1) is 11.8 Å². The van der Waals surface area contributed by atoms with E-state index in [0.29, 0.717) is 0 Å². The van der Waals surface area contributed by atoms with Crippen LogP contribution in [-0.4, -0.2) is 36.6 Å². The van der Waals surface area contributed by atoms with Crippen LogP contribution in [0.2, 0.25) is 0 Å². The second-order valence-electron chi connectivity index (χ2n) is 6.53. The second-order valence-corrected chi connectivity index (χ2v) is 6.53. The highest BCUT2D eigenvalue weighted by molar-refractivity contribution is 4.93. The highest BCUT2D eigenvalue weighted by atomic mass is 15.2. The molecule has 3 fully saturated rings. The molecule has 0 aromatic heterocycles. The lowest BCUT2D eigenvalue weighted by atomic mass is 9.78. The van der Waals surface area contributed by atoms with Crippen LogP contribution >= 0.6 is 0 Å². The van der Waals surface area contributed by atoms with Crippen LogP contribution in [0.4, 0.5) is 0 Å². The lowest BCUT2D eigenvalue weighted by Gasteiger charge is -2.45. The number of nitrogens with one attached hydrogen (secondary N) is 1. The van der Waals surface area contributed by atoms with Gasteiger partial charge in [0.05, 0.1) is 0 Å². The Morgan fingerprint density at radius 2 is 1.88 bits per heavy atom. The topological polar surface area (TPSA) is 15.3 Å². The molecule has 0 aromatic rings. The number of hydrogen-bond donors (Lipinski definition) is 1. The van der Waals surface area contributed by atoms with Gasteiger partial charge in [-0.2, -0.15) is 0 Å². The average molecular weight is 236 g/mol. The summed E-state index contributed by atoms with van der Waals surface area (Å²) in [6.07, 6.45) is 10.1. The summed E-state index contributed by atoms with van der Waals surface area (Å²) in [5.41, 5.74) is 0. The zero-order chi connectivity index (χ0) is 11.7. The highest BCUT2D eigenvalue weighted by Gasteiger charge is 2.37. The summed E-state index contributed by atoms with van der Waals surface area (Å²) >= 11 is 0. The van der Waals surface area contributed by atoms with Gasteiger partial charge in [-0.3, -0.25) is 4.90 Å². The monoisotopic (exact) mass is 236 g/mol. The predicted octanol–water partition coefficient (Wildman–Crippen LogP) is 2.64. The van der Waals surface area contributed by atoms with Gasteiger partial charge < -0.3 is 5.32 Å². The van der Waals surface area contributed by atoms with Crippen LogP contribution in [0.15, 0.2) is 0 Å². The van der Waals surface area contributed by atoms with Crippen molar-refractivity contribution in [3.8, 4) is 0 Å². The standard InChI is InChI=1S/C15H28N2/c1-2-9-17(11-12-3-4-12)15-8-5-13(15)10-16-14-6-7-14/h12-16H,2-11H2,1H3. The van der Waals surface area contributed by atoms with Gasteiger partial charge in [-0.15, -0.1) is 0 Å². The molecule has 1 N–H and O–H groups in total. The molecule has 3 aliphatic carbocycles. The second kappa shape index (κ2) is 5.27. The van der Waals surface area contributed by atoms with Gasteiger partial charge in [0.1, 0.15) is 0 Å². The summed E-state index contributed by atoms with van der Waals surface area (Å²) in [7, 11) is 0. The van der Waals surface area contributed by atoms with Gasteiger partial charge in [-0.1, -0.05) is 6.92 Å². The fourth-order valence-corrected chi connectivity index (χ4v) is 3.19. The van der Waals surface area contributed by atoms with Crippen molar-refractivity contribution in [2.24, 2.45) is 11.8 Å². The summed E-state index contributed by atoms with van der Waals surface area (Å²) in [4.78, 5) is 2.82. The van der Waals surface area contributed by atoms with Crippen LogP contribution in [-0.2, 0) is 0 Å². The van der Waals surface area contributed by atoms with Crippen LogP contribution < -0.4 is 5.32 Å². The van der Waals surface area contributed by atoms with E-state index >= 15 is 0 Å². The Kier molecular flexibility index (Phi) is 3.72. The first-order chi connectivity index (χ1) is 8.36. The lowest BCUT2D eigenvalue weighted by Crippen LogP contribution is -2.51. The zero-order valence-corrected chi connectivity index (χ0v) is 11.3. The van der Waals surface area contributed by atoms with E-state index in [-0.39, 0.29) is 0 Å². The Bertz CT molecular complexity index is 245. The minimum Gasteiger partial charge on any atom is -0.314 e. The Labute approximate surface area is 106 Å².